The van der Waals surface area contributed by atoms with Gasteiger partial charge < -0.3 is 4.90 Å². The van der Waals surface area contributed by atoms with E-state index in [-0.39, 0.29) is 27.8 Å². The highest BCUT2D eigenvalue weighted by Gasteiger charge is 2.44. The van der Waals surface area contributed by atoms with Crippen molar-refractivity contribution in [2.45, 2.75) is 118 Å². The van der Waals surface area contributed by atoms with Crippen LogP contribution in [0.5, 0.6) is 0 Å². The molecule has 0 atom stereocenters. The lowest BCUT2D eigenvalue weighted by molar-refractivity contribution is -0.438. The number of fused-ring (bicyclic) bond motifs is 2. The molecule has 0 radical (unpaired) electrons. The number of nitrogens with zero attached hydrogens (tertiary/aromatic N) is 2. The first-order valence-electron chi connectivity index (χ1n) is 19.4. The van der Waals surface area contributed by atoms with Gasteiger partial charge in [0.1, 0.15) is 6.54 Å². The Morgan fingerprint density at radius 3 is 2.02 bits per heavy atom. The number of allylic oxidation sites excluding steroid dienone is 8. The van der Waals surface area contributed by atoms with Crippen LogP contribution in [-0.4, -0.2) is 60.8 Å². The second kappa shape index (κ2) is 15.7. The summed E-state index contributed by atoms with van der Waals surface area (Å²) >= 11 is 0. The molecule has 0 spiro atoms. The van der Waals surface area contributed by atoms with Gasteiger partial charge in [-0.3, -0.25) is 9.11 Å². The molecule has 0 amide bonds. The summed E-state index contributed by atoms with van der Waals surface area (Å²) < 4.78 is 66.8. The van der Waals surface area contributed by atoms with Crippen LogP contribution in [0.2, 0.25) is 0 Å². The third-order valence-electron chi connectivity index (χ3n) is 11.3. The van der Waals surface area contributed by atoms with Gasteiger partial charge in [0, 0.05) is 47.5 Å². The standard InChI is InChI=1S/C44H60N2O6S2/c1-31-17-21-37-35(29-31)43(6,7)39(45(37)25-10-12-27-53(47,48)49)23-19-33-15-14-16-34(41(33)42(3,4)5)20-24-40-44(8,9)36-30-32(2)18-22-38(36)46(40)26-11-13-28-54(50,51)52/h17-24,29-30H,10-16,25-28H2,1-9H3,(H-,47,48,49,50,51,52)/p+1. The zero-order valence-corrected chi connectivity index (χ0v) is 35.4. The molecule has 2 aromatic carbocycles. The summed E-state index contributed by atoms with van der Waals surface area (Å²) in [6, 6.07) is 13.1. The average Bonchev–Trinajstić information content (AvgIpc) is 3.38. The van der Waals surface area contributed by atoms with Crippen LogP contribution in [0, 0.1) is 19.3 Å². The fourth-order valence-electron chi connectivity index (χ4n) is 8.75. The fraction of sp³-hybridized carbons (Fsp3) is 0.523. The monoisotopic (exact) mass is 777 g/mol. The molecule has 0 unspecified atom stereocenters. The van der Waals surface area contributed by atoms with E-state index >= 15 is 0 Å². The third-order valence-corrected chi connectivity index (χ3v) is 12.9. The van der Waals surface area contributed by atoms with Crippen LogP contribution in [0.4, 0.5) is 11.4 Å². The van der Waals surface area contributed by atoms with Gasteiger partial charge in [-0.2, -0.15) is 21.4 Å². The maximum absolute atomic E-state index is 11.4. The van der Waals surface area contributed by atoms with E-state index < -0.39 is 20.2 Å². The minimum atomic E-state index is -4.00. The van der Waals surface area contributed by atoms with Crippen LogP contribution in [0.15, 0.2) is 83.1 Å². The summed E-state index contributed by atoms with van der Waals surface area (Å²) in [6.45, 7) is 21.4. The number of anilines is 1. The zero-order chi connectivity index (χ0) is 39.9. The van der Waals surface area contributed by atoms with Crippen molar-refractivity contribution in [3.05, 3.63) is 105 Å². The van der Waals surface area contributed by atoms with Crippen LogP contribution in [-0.2, 0) is 31.1 Å². The Bertz CT molecular complexity index is 2160. The summed E-state index contributed by atoms with van der Waals surface area (Å²) in [7, 11) is -8.01. The van der Waals surface area contributed by atoms with Crippen molar-refractivity contribution in [3.63, 3.8) is 0 Å². The van der Waals surface area contributed by atoms with Gasteiger partial charge in [0.2, 0.25) is 5.69 Å². The van der Waals surface area contributed by atoms with Crippen LogP contribution in [0.3, 0.4) is 0 Å². The second-order valence-electron chi connectivity index (χ2n) is 17.5. The first-order chi connectivity index (χ1) is 25.0. The highest BCUT2D eigenvalue weighted by molar-refractivity contribution is 7.86. The lowest BCUT2D eigenvalue weighted by Gasteiger charge is -2.32. The largest absolute Gasteiger partial charge is 0.344 e. The molecule has 294 valence electrons. The molecule has 0 saturated carbocycles. The number of hydrogen-bond acceptors (Lipinski definition) is 5. The Morgan fingerprint density at radius 2 is 1.39 bits per heavy atom. The van der Waals surface area contributed by atoms with E-state index in [2.05, 4.69) is 132 Å². The highest BCUT2D eigenvalue weighted by Crippen LogP contribution is 2.49. The molecular weight excluding hydrogens is 717 g/mol. The maximum Gasteiger partial charge on any atom is 0.264 e. The predicted molar refractivity (Wildman–Crippen MR) is 222 cm³/mol. The van der Waals surface area contributed by atoms with Crippen LogP contribution >= 0.6 is 0 Å². The Balaban J connectivity index is 1.55. The summed E-state index contributed by atoms with van der Waals surface area (Å²) in [4.78, 5) is 2.34. The third kappa shape index (κ3) is 9.37. The van der Waals surface area contributed by atoms with Crippen LogP contribution in [0.25, 0.3) is 0 Å². The van der Waals surface area contributed by atoms with E-state index in [0.717, 1.165) is 30.6 Å². The molecule has 0 fully saturated rings. The molecule has 2 N–H and O–H groups in total. The normalized spacial score (nSPS) is 20.2. The average molecular weight is 778 g/mol. The molecule has 0 saturated heterocycles. The Labute approximate surface area is 325 Å². The van der Waals surface area contributed by atoms with Crippen LogP contribution in [0.1, 0.15) is 116 Å². The van der Waals surface area contributed by atoms with Gasteiger partial charge in [-0.05, 0) is 112 Å². The Kier molecular flexibility index (Phi) is 12.1. The van der Waals surface area contributed by atoms with Crippen molar-refractivity contribution in [3.8, 4) is 0 Å². The molecule has 8 nitrogen and oxygen atoms in total. The SMILES string of the molecule is Cc1ccc2c(c1)C(C)(C)C(/C=C/C1=C(C(C)(C)C)C(=C/C=C3/N(CCCCS(=O)(=O)O)c4ccc(C)cc4C3(C)C)/CCC1)=[N+]2CCCCS(=O)(=O)O. The van der Waals surface area contributed by atoms with Gasteiger partial charge in [-0.1, -0.05) is 76.1 Å². The van der Waals surface area contributed by atoms with Crippen molar-refractivity contribution in [2.24, 2.45) is 5.41 Å². The first kappa shape index (κ1) is 41.8. The summed E-state index contributed by atoms with van der Waals surface area (Å²) in [5.41, 5.74) is 13.0. The quantitative estimate of drug-likeness (QED) is 0.118. The van der Waals surface area contributed by atoms with Gasteiger partial charge in [0.15, 0.2) is 5.71 Å². The molecule has 3 aliphatic rings. The van der Waals surface area contributed by atoms with Gasteiger partial charge >= 0.3 is 0 Å². The van der Waals surface area contributed by atoms with E-state index in [4.69, 9.17) is 0 Å². The summed E-state index contributed by atoms with van der Waals surface area (Å²) in [5, 5.41) is 0. The number of hydrogen-bond donors (Lipinski definition) is 2. The van der Waals surface area contributed by atoms with Crippen molar-refractivity contribution < 1.29 is 30.5 Å². The zero-order valence-electron chi connectivity index (χ0n) is 33.8. The molecule has 5 rings (SSSR count). The molecule has 54 heavy (non-hydrogen) atoms. The second-order valence-corrected chi connectivity index (χ2v) is 20.7. The topological polar surface area (TPSA) is 115 Å². The van der Waals surface area contributed by atoms with E-state index in [0.29, 0.717) is 38.8 Å². The fourth-order valence-corrected chi connectivity index (χ4v) is 9.89. The smallest absolute Gasteiger partial charge is 0.264 e. The predicted octanol–water partition coefficient (Wildman–Crippen LogP) is 9.71. The molecule has 1 aliphatic carbocycles. The van der Waals surface area contributed by atoms with E-state index in [1.54, 1.807) is 0 Å². The first-order valence-corrected chi connectivity index (χ1v) is 22.6. The Hall–Kier alpha value is -3.31. The number of benzene rings is 2. The lowest BCUT2D eigenvalue weighted by Crippen LogP contribution is -2.28. The van der Waals surface area contributed by atoms with Crippen molar-refractivity contribution in [1.29, 1.82) is 0 Å². The minimum absolute atomic E-state index is 0.114. The van der Waals surface area contributed by atoms with Gasteiger partial charge in [0.05, 0.1) is 16.9 Å². The van der Waals surface area contributed by atoms with E-state index in [1.165, 1.54) is 50.4 Å². The molecule has 0 aromatic heterocycles. The Morgan fingerprint density at radius 1 is 0.778 bits per heavy atom. The van der Waals surface area contributed by atoms with Crippen molar-refractivity contribution in [2.75, 3.05) is 29.5 Å². The highest BCUT2D eigenvalue weighted by atomic mass is 32.2. The van der Waals surface area contributed by atoms with Gasteiger partial charge in [-0.25, -0.2) is 0 Å². The number of rotatable bonds is 13. The van der Waals surface area contributed by atoms with Crippen LogP contribution < -0.4 is 4.90 Å². The van der Waals surface area contributed by atoms with Gasteiger partial charge in [0.25, 0.3) is 20.2 Å². The van der Waals surface area contributed by atoms with Crippen molar-refractivity contribution >= 4 is 37.3 Å². The molecule has 2 aromatic rings. The summed E-state index contributed by atoms with van der Waals surface area (Å²) in [5.74, 6) is -0.476. The summed E-state index contributed by atoms with van der Waals surface area (Å²) in [6.07, 6.45) is 14.2. The molecule has 0 bridgehead atoms. The van der Waals surface area contributed by atoms with Crippen molar-refractivity contribution in [1.82, 2.24) is 0 Å². The van der Waals surface area contributed by atoms with E-state index in [1.807, 2.05) is 0 Å². The molecule has 2 heterocycles. The molecule has 10 heteroatoms. The van der Waals surface area contributed by atoms with Gasteiger partial charge in [-0.15, -0.1) is 0 Å². The maximum atomic E-state index is 11.4. The van der Waals surface area contributed by atoms with E-state index in [9.17, 15) is 25.9 Å². The number of aryl methyl sites for hydroxylation is 2. The minimum Gasteiger partial charge on any atom is -0.344 e. The molecule has 2 aliphatic heterocycles. The number of unbranched alkanes of at least 4 members (excludes halogenated alkanes) is 2. The lowest BCUT2D eigenvalue weighted by atomic mass is 9.73. The molecular formula is C44H61N2O6S2+.